The van der Waals surface area contributed by atoms with Crippen molar-refractivity contribution in [2.45, 2.75) is 149 Å². The molecule has 0 spiro atoms. The third-order valence-electron chi connectivity index (χ3n) is 8.03. The van der Waals surface area contributed by atoms with Crippen molar-refractivity contribution < 1.29 is 0 Å². The first-order chi connectivity index (χ1) is 13.3. The number of hydrogen-bond donors (Lipinski definition) is 0. The quantitative estimate of drug-likeness (QED) is 0.265. The van der Waals surface area contributed by atoms with Gasteiger partial charge < -0.3 is 0 Å². The molecule has 0 aromatic rings. The van der Waals surface area contributed by atoms with E-state index in [1.54, 1.807) is 70.6 Å². The van der Waals surface area contributed by atoms with Crippen LogP contribution < -0.4 is 0 Å². The molecule has 2 rings (SSSR count). The molecule has 0 nitrogen and oxygen atoms in total. The second-order valence-corrected chi connectivity index (χ2v) is 10.4. The largest absolute Gasteiger partial charge is 0.0654 e. The molecule has 0 N–H and O–H groups in total. The van der Waals surface area contributed by atoms with Gasteiger partial charge in [-0.3, -0.25) is 0 Å². The molecule has 0 heterocycles. The summed E-state index contributed by atoms with van der Waals surface area (Å²) in [6, 6.07) is 0. The van der Waals surface area contributed by atoms with Gasteiger partial charge in [0.15, 0.2) is 0 Å². The number of rotatable bonds is 14. The van der Waals surface area contributed by atoms with Crippen LogP contribution in [0.25, 0.3) is 0 Å². The molecule has 0 saturated heterocycles. The molecule has 27 heavy (non-hydrogen) atoms. The monoisotopic (exact) mass is 376 g/mol. The molecular formula is C27H52. The SMILES string of the molecule is CCCCCCCC1CCC(CC2CCC(CCCCCCC)CC2)CC1. The minimum absolute atomic E-state index is 1.09. The third kappa shape index (κ3) is 10.4. The Morgan fingerprint density at radius 3 is 1.11 bits per heavy atom. The van der Waals surface area contributed by atoms with E-state index in [1.807, 2.05) is 0 Å². The minimum Gasteiger partial charge on any atom is -0.0654 e. The van der Waals surface area contributed by atoms with Gasteiger partial charge in [0.1, 0.15) is 0 Å². The van der Waals surface area contributed by atoms with Crippen molar-refractivity contribution in [1.82, 2.24) is 0 Å². The summed E-state index contributed by atoms with van der Waals surface area (Å²) >= 11 is 0. The molecule has 2 aliphatic carbocycles. The molecule has 0 radical (unpaired) electrons. The second-order valence-electron chi connectivity index (χ2n) is 10.4. The first-order valence-corrected chi connectivity index (χ1v) is 13.3. The van der Waals surface area contributed by atoms with Crippen LogP contribution in [0.2, 0.25) is 0 Å². The van der Waals surface area contributed by atoms with E-state index in [0.29, 0.717) is 0 Å². The Morgan fingerprint density at radius 2 is 0.741 bits per heavy atom. The molecule has 0 aromatic carbocycles. The maximum Gasteiger partial charge on any atom is -0.0411 e. The molecule has 0 unspecified atom stereocenters. The molecule has 2 fully saturated rings. The van der Waals surface area contributed by atoms with Crippen LogP contribution in [0.1, 0.15) is 149 Å². The van der Waals surface area contributed by atoms with Crippen molar-refractivity contribution >= 4 is 0 Å². The van der Waals surface area contributed by atoms with E-state index < -0.39 is 0 Å². The van der Waals surface area contributed by atoms with Gasteiger partial charge in [-0.05, 0) is 30.1 Å². The topological polar surface area (TPSA) is 0 Å². The van der Waals surface area contributed by atoms with Gasteiger partial charge >= 0.3 is 0 Å². The highest BCUT2D eigenvalue weighted by molar-refractivity contribution is 4.79. The van der Waals surface area contributed by atoms with Crippen LogP contribution in [0, 0.1) is 23.7 Å². The summed E-state index contributed by atoms with van der Waals surface area (Å²) in [6.45, 7) is 4.64. The first-order valence-electron chi connectivity index (χ1n) is 13.3. The highest BCUT2D eigenvalue weighted by atomic mass is 14.3. The van der Waals surface area contributed by atoms with E-state index in [4.69, 9.17) is 0 Å². The molecule has 0 heteroatoms. The number of hydrogen-bond acceptors (Lipinski definition) is 0. The van der Waals surface area contributed by atoms with Gasteiger partial charge in [-0.1, -0.05) is 142 Å². The van der Waals surface area contributed by atoms with Crippen molar-refractivity contribution in [2.75, 3.05) is 0 Å². The van der Waals surface area contributed by atoms with Crippen molar-refractivity contribution in [3.8, 4) is 0 Å². The molecule has 0 bridgehead atoms. The molecular weight excluding hydrogens is 324 g/mol. The molecule has 0 aliphatic heterocycles. The summed E-state index contributed by atoms with van der Waals surface area (Å²) in [6.07, 6.45) is 31.8. The zero-order valence-electron chi connectivity index (χ0n) is 19.2. The number of unbranched alkanes of at least 4 members (excludes halogenated alkanes) is 8. The van der Waals surface area contributed by atoms with Gasteiger partial charge in [0.25, 0.3) is 0 Å². The van der Waals surface area contributed by atoms with E-state index in [1.165, 1.54) is 64.2 Å². The molecule has 2 saturated carbocycles. The summed E-state index contributed by atoms with van der Waals surface area (Å²) in [5.74, 6) is 4.37. The summed E-state index contributed by atoms with van der Waals surface area (Å²) in [5.41, 5.74) is 0. The highest BCUT2D eigenvalue weighted by Crippen LogP contribution is 2.40. The normalized spacial score (nSPS) is 29.1. The van der Waals surface area contributed by atoms with Crippen LogP contribution in [0.3, 0.4) is 0 Å². The van der Waals surface area contributed by atoms with Gasteiger partial charge in [0, 0.05) is 0 Å². The zero-order chi connectivity index (χ0) is 19.2. The average molecular weight is 377 g/mol. The van der Waals surface area contributed by atoms with E-state index in [2.05, 4.69) is 13.8 Å². The van der Waals surface area contributed by atoms with Gasteiger partial charge in [-0.2, -0.15) is 0 Å². The van der Waals surface area contributed by atoms with E-state index in [-0.39, 0.29) is 0 Å². The molecule has 0 aromatic heterocycles. The van der Waals surface area contributed by atoms with Crippen LogP contribution in [-0.2, 0) is 0 Å². The summed E-state index contributed by atoms with van der Waals surface area (Å²) < 4.78 is 0. The standard InChI is InChI=1S/C27H52/c1-3-5-7-9-11-13-24-15-19-26(20-16-24)23-27-21-17-25(18-22-27)14-12-10-8-6-4-2/h24-27H,3-23H2,1-2H3. The fraction of sp³-hybridized carbons (Fsp3) is 1.00. The maximum absolute atomic E-state index is 2.32. The van der Waals surface area contributed by atoms with Crippen LogP contribution in [0.5, 0.6) is 0 Å². The molecule has 160 valence electrons. The Labute approximate surface area is 172 Å². The Bertz CT molecular complexity index is 285. The molecule has 0 atom stereocenters. The van der Waals surface area contributed by atoms with Crippen molar-refractivity contribution in [3.63, 3.8) is 0 Å². The minimum atomic E-state index is 1.09. The summed E-state index contributed by atoms with van der Waals surface area (Å²) in [4.78, 5) is 0. The lowest BCUT2D eigenvalue weighted by atomic mass is 9.72. The fourth-order valence-corrected chi connectivity index (χ4v) is 6.06. The molecule has 0 amide bonds. The van der Waals surface area contributed by atoms with Crippen molar-refractivity contribution in [1.29, 1.82) is 0 Å². The van der Waals surface area contributed by atoms with Crippen LogP contribution in [0.15, 0.2) is 0 Å². The van der Waals surface area contributed by atoms with Crippen LogP contribution in [0.4, 0.5) is 0 Å². The second kappa shape index (κ2) is 14.9. The average Bonchev–Trinajstić information content (AvgIpc) is 2.70. The first kappa shape index (κ1) is 23.3. The predicted molar refractivity (Wildman–Crippen MR) is 122 cm³/mol. The summed E-state index contributed by atoms with van der Waals surface area (Å²) in [5, 5.41) is 0. The fourth-order valence-electron chi connectivity index (χ4n) is 6.06. The van der Waals surface area contributed by atoms with Crippen molar-refractivity contribution in [3.05, 3.63) is 0 Å². The summed E-state index contributed by atoms with van der Waals surface area (Å²) in [7, 11) is 0. The smallest absolute Gasteiger partial charge is 0.0411 e. The zero-order valence-corrected chi connectivity index (χ0v) is 19.2. The lowest BCUT2D eigenvalue weighted by molar-refractivity contribution is 0.182. The third-order valence-corrected chi connectivity index (χ3v) is 8.03. The van der Waals surface area contributed by atoms with Gasteiger partial charge in [-0.25, -0.2) is 0 Å². The lowest BCUT2D eigenvalue weighted by Crippen LogP contribution is -2.21. The van der Waals surface area contributed by atoms with Crippen molar-refractivity contribution in [2.24, 2.45) is 23.7 Å². The van der Waals surface area contributed by atoms with Crippen LogP contribution in [-0.4, -0.2) is 0 Å². The lowest BCUT2D eigenvalue weighted by Gasteiger charge is -2.34. The Kier molecular flexibility index (Phi) is 12.9. The van der Waals surface area contributed by atoms with E-state index in [9.17, 15) is 0 Å². The predicted octanol–water partition coefficient (Wildman–Crippen LogP) is 9.71. The maximum atomic E-state index is 2.32. The molecule has 2 aliphatic rings. The van der Waals surface area contributed by atoms with Crippen LogP contribution >= 0.6 is 0 Å². The van der Waals surface area contributed by atoms with Gasteiger partial charge in [0.05, 0.1) is 0 Å². The Morgan fingerprint density at radius 1 is 0.407 bits per heavy atom. The Balaban J connectivity index is 1.47. The van der Waals surface area contributed by atoms with Gasteiger partial charge in [0.2, 0.25) is 0 Å². The van der Waals surface area contributed by atoms with E-state index in [0.717, 1.165) is 23.7 Å². The Hall–Kier alpha value is 0. The van der Waals surface area contributed by atoms with Gasteiger partial charge in [-0.15, -0.1) is 0 Å². The van der Waals surface area contributed by atoms with E-state index >= 15 is 0 Å². The highest BCUT2D eigenvalue weighted by Gasteiger charge is 2.26.